The minimum Gasteiger partial charge on any atom is -0.479 e. The number of likely N-dealkylation sites (tertiary alicyclic amines) is 1. The van der Waals surface area contributed by atoms with Crippen molar-refractivity contribution in [2.24, 2.45) is 5.92 Å². The van der Waals surface area contributed by atoms with Gasteiger partial charge in [-0.05, 0) is 18.0 Å². The lowest BCUT2D eigenvalue weighted by Crippen LogP contribution is -2.42. The molecule has 3 rings (SSSR count). The molecule has 1 amide bonds. The van der Waals surface area contributed by atoms with Crippen molar-refractivity contribution in [3.63, 3.8) is 0 Å². The molecule has 1 saturated carbocycles. The lowest BCUT2D eigenvalue weighted by atomic mass is 10.1. The van der Waals surface area contributed by atoms with Crippen molar-refractivity contribution in [2.45, 2.75) is 25.0 Å². The van der Waals surface area contributed by atoms with Gasteiger partial charge in [0.15, 0.2) is 0 Å². The molecule has 1 aromatic heterocycles. The molecule has 3 unspecified atom stereocenters. The Bertz CT molecular complexity index is 513. The predicted molar refractivity (Wildman–Crippen MR) is 70.5 cm³/mol. The van der Waals surface area contributed by atoms with E-state index < -0.39 is 0 Å². The average molecular weight is 278 g/mol. The summed E-state index contributed by atoms with van der Waals surface area (Å²) in [6, 6.07) is 1.76. The van der Waals surface area contributed by atoms with E-state index in [9.17, 15) is 4.79 Å². The zero-order valence-electron chi connectivity index (χ0n) is 11.4. The van der Waals surface area contributed by atoms with Gasteiger partial charge in [-0.25, -0.2) is 0 Å². The summed E-state index contributed by atoms with van der Waals surface area (Å²) in [4.78, 5) is 14.2. The van der Waals surface area contributed by atoms with E-state index in [0.29, 0.717) is 24.9 Å². The first kappa shape index (κ1) is 13.2. The predicted octanol–water partition coefficient (Wildman–Crippen LogP) is 1.49. The minimum atomic E-state index is -0.115. The molecule has 2 fully saturated rings. The van der Waals surface area contributed by atoms with Crippen LogP contribution in [0, 0.1) is 5.92 Å². The van der Waals surface area contributed by atoms with Gasteiger partial charge >= 0.3 is 0 Å². The maximum Gasteiger partial charge on any atom is 0.292 e. The Morgan fingerprint density at radius 1 is 1.65 bits per heavy atom. The van der Waals surface area contributed by atoms with Crippen LogP contribution in [-0.2, 0) is 4.74 Å². The summed E-state index contributed by atoms with van der Waals surface area (Å²) >= 11 is 0. The molecule has 20 heavy (non-hydrogen) atoms. The monoisotopic (exact) mass is 278 g/mol. The Balaban J connectivity index is 1.63. The normalized spacial score (nSPS) is 27.9. The Kier molecular flexibility index (Phi) is 3.48. The molecule has 2 aliphatic rings. The van der Waals surface area contributed by atoms with Crippen LogP contribution in [0.2, 0.25) is 0 Å². The molecule has 1 aromatic rings. The van der Waals surface area contributed by atoms with Crippen LogP contribution in [-0.4, -0.2) is 48.4 Å². The summed E-state index contributed by atoms with van der Waals surface area (Å²) in [5.74, 6) is 0.854. The number of carbonyl (C=O) groups is 1. The summed E-state index contributed by atoms with van der Waals surface area (Å²) in [7, 11) is 1.49. The summed E-state index contributed by atoms with van der Waals surface area (Å²) in [6.45, 7) is 4.94. The van der Waals surface area contributed by atoms with E-state index in [1.165, 1.54) is 13.2 Å². The van der Waals surface area contributed by atoms with Crippen LogP contribution in [0.15, 0.2) is 23.2 Å². The van der Waals surface area contributed by atoms with Crippen LogP contribution in [0.25, 0.3) is 0 Å². The second-order valence-electron chi connectivity index (χ2n) is 5.24. The third kappa shape index (κ3) is 2.20. The number of hydrogen-bond acceptors (Lipinski definition) is 5. The van der Waals surface area contributed by atoms with Crippen molar-refractivity contribution in [1.29, 1.82) is 0 Å². The standard InChI is InChI=1S/C14H18N2O4/c1-3-4-19-11-6-10-5-9(11)8-16(10)14(17)12-7-13(18-2)15-20-12/h3,7,9-11H,1,4-6,8H2,2H3. The molecule has 108 valence electrons. The van der Waals surface area contributed by atoms with Crippen LogP contribution < -0.4 is 4.74 Å². The number of hydrogen-bond donors (Lipinski definition) is 0. The second kappa shape index (κ2) is 5.28. The van der Waals surface area contributed by atoms with Crippen molar-refractivity contribution in [2.75, 3.05) is 20.3 Å². The topological polar surface area (TPSA) is 64.8 Å². The zero-order chi connectivity index (χ0) is 14.1. The molecule has 2 heterocycles. The fourth-order valence-corrected chi connectivity index (χ4v) is 3.15. The molecule has 1 saturated heterocycles. The molecule has 0 N–H and O–H groups in total. The van der Waals surface area contributed by atoms with E-state index in [0.717, 1.165) is 12.8 Å². The largest absolute Gasteiger partial charge is 0.479 e. The highest BCUT2D eigenvalue weighted by molar-refractivity contribution is 5.92. The van der Waals surface area contributed by atoms with Crippen molar-refractivity contribution in [3.05, 3.63) is 24.5 Å². The maximum absolute atomic E-state index is 12.4. The molecule has 0 spiro atoms. The highest BCUT2D eigenvalue weighted by atomic mass is 16.5. The Morgan fingerprint density at radius 3 is 3.10 bits per heavy atom. The van der Waals surface area contributed by atoms with Crippen LogP contribution in [0.5, 0.6) is 5.88 Å². The molecule has 0 radical (unpaired) electrons. The molecular formula is C14H18N2O4. The number of fused-ring (bicyclic) bond motifs is 2. The average Bonchev–Trinajstić information content (AvgIpc) is 3.17. The molecule has 2 bridgehead atoms. The SMILES string of the molecule is C=CCOC1CC2CC1CN2C(=O)c1cc(OC)no1. The number of carbonyl (C=O) groups excluding carboxylic acids is 1. The summed E-state index contributed by atoms with van der Waals surface area (Å²) < 4.78 is 15.7. The van der Waals surface area contributed by atoms with E-state index in [4.69, 9.17) is 14.0 Å². The Morgan fingerprint density at radius 2 is 2.50 bits per heavy atom. The highest BCUT2D eigenvalue weighted by Crippen LogP contribution is 2.40. The molecule has 1 aliphatic heterocycles. The molecule has 6 heteroatoms. The maximum atomic E-state index is 12.4. The molecule has 3 atom stereocenters. The van der Waals surface area contributed by atoms with Gasteiger partial charge in [-0.3, -0.25) is 4.79 Å². The summed E-state index contributed by atoms with van der Waals surface area (Å²) in [6.07, 6.45) is 3.88. The van der Waals surface area contributed by atoms with Gasteiger partial charge in [-0.1, -0.05) is 6.08 Å². The van der Waals surface area contributed by atoms with Gasteiger partial charge in [-0.15, -0.1) is 6.58 Å². The van der Waals surface area contributed by atoms with Crippen molar-refractivity contribution < 1.29 is 18.8 Å². The molecule has 6 nitrogen and oxygen atoms in total. The van der Waals surface area contributed by atoms with Gasteiger partial charge in [0.1, 0.15) is 0 Å². The lowest BCUT2D eigenvalue weighted by Gasteiger charge is -2.30. The van der Waals surface area contributed by atoms with Crippen molar-refractivity contribution in [3.8, 4) is 5.88 Å². The second-order valence-corrected chi connectivity index (χ2v) is 5.24. The fourth-order valence-electron chi connectivity index (χ4n) is 3.15. The number of methoxy groups -OCH3 is 1. The smallest absolute Gasteiger partial charge is 0.292 e. The van der Waals surface area contributed by atoms with Crippen molar-refractivity contribution in [1.82, 2.24) is 10.1 Å². The summed E-state index contributed by atoms with van der Waals surface area (Å²) in [5.41, 5.74) is 0. The lowest BCUT2D eigenvalue weighted by molar-refractivity contribution is 0.0132. The van der Waals surface area contributed by atoms with Crippen LogP contribution in [0.3, 0.4) is 0 Å². The van der Waals surface area contributed by atoms with Crippen molar-refractivity contribution >= 4 is 5.91 Å². The van der Waals surface area contributed by atoms with Crippen LogP contribution in [0.1, 0.15) is 23.4 Å². The number of rotatable bonds is 5. The Hall–Kier alpha value is -1.82. The number of amides is 1. The first-order valence-electron chi connectivity index (χ1n) is 6.77. The molecule has 0 aromatic carbocycles. The van der Waals surface area contributed by atoms with Crippen LogP contribution in [0.4, 0.5) is 0 Å². The Labute approximate surface area is 117 Å². The first-order valence-corrected chi connectivity index (χ1v) is 6.77. The van der Waals surface area contributed by atoms with Gasteiger partial charge in [-0.2, -0.15) is 0 Å². The van der Waals surface area contributed by atoms with Gasteiger partial charge in [0.05, 0.1) is 25.9 Å². The number of ether oxygens (including phenoxy) is 2. The van der Waals surface area contributed by atoms with Gasteiger partial charge < -0.3 is 18.9 Å². The zero-order valence-corrected chi connectivity index (χ0v) is 11.4. The highest BCUT2D eigenvalue weighted by Gasteiger charge is 2.47. The van der Waals surface area contributed by atoms with Gasteiger partial charge in [0, 0.05) is 18.5 Å². The first-order chi connectivity index (χ1) is 9.72. The van der Waals surface area contributed by atoms with E-state index in [-0.39, 0.29) is 23.8 Å². The van der Waals surface area contributed by atoms with E-state index in [1.54, 1.807) is 6.08 Å². The minimum absolute atomic E-state index is 0.115. The third-order valence-corrected chi connectivity index (χ3v) is 4.07. The van der Waals surface area contributed by atoms with Crippen LogP contribution >= 0.6 is 0 Å². The third-order valence-electron chi connectivity index (χ3n) is 4.07. The number of nitrogens with zero attached hydrogens (tertiary/aromatic N) is 2. The number of aromatic nitrogens is 1. The van der Waals surface area contributed by atoms with E-state index in [2.05, 4.69) is 11.7 Å². The van der Waals surface area contributed by atoms with Gasteiger partial charge in [0.2, 0.25) is 5.76 Å². The fraction of sp³-hybridized carbons (Fsp3) is 0.571. The molecule has 1 aliphatic carbocycles. The van der Waals surface area contributed by atoms with Gasteiger partial charge in [0.25, 0.3) is 11.8 Å². The molecular weight excluding hydrogens is 260 g/mol. The number of piperidine rings is 1. The van der Waals surface area contributed by atoms with E-state index in [1.807, 2.05) is 4.90 Å². The quantitative estimate of drug-likeness (QED) is 0.763. The van der Waals surface area contributed by atoms with E-state index >= 15 is 0 Å². The summed E-state index contributed by atoms with van der Waals surface area (Å²) in [5, 5.41) is 3.66.